The standard InChI is InChI=1S/C10H20N4O3S/c1-9-10(8-12-13-9)18(15,16)14(5-3-4-11)6-7-17-2/h8H,3-7,11H2,1-2H3,(H,12,13). The molecule has 0 unspecified atom stereocenters. The highest BCUT2D eigenvalue weighted by Gasteiger charge is 2.26. The van der Waals surface area contributed by atoms with Gasteiger partial charge < -0.3 is 10.5 Å². The van der Waals surface area contributed by atoms with E-state index in [0.717, 1.165) is 0 Å². The number of hydrogen-bond acceptors (Lipinski definition) is 5. The Bertz CT molecular complexity index is 449. The number of nitrogens with zero attached hydrogens (tertiary/aromatic N) is 2. The molecular formula is C10H20N4O3S. The molecule has 0 saturated carbocycles. The summed E-state index contributed by atoms with van der Waals surface area (Å²) in [4.78, 5) is 0.204. The van der Waals surface area contributed by atoms with Crippen LogP contribution in [0.15, 0.2) is 11.1 Å². The van der Waals surface area contributed by atoms with Gasteiger partial charge in [0.15, 0.2) is 0 Å². The molecule has 0 aliphatic carbocycles. The number of sulfonamides is 1. The van der Waals surface area contributed by atoms with Crippen molar-refractivity contribution in [2.75, 3.05) is 33.4 Å². The van der Waals surface area contributed by atoms with E-state index in [9.17, 15) is 8.42 Å². The van der Waals surface area contributed by atoms with Crippen LogP contribution in [-0.4, -0.2) is 56.3 Å². The largest absolute Gasteiger partial charge is 0.383 e. The summed E-state index contributed by atoms with van der Waals surface area (Å²) < 4.78 is 31.1. The van der Waals surface area contributed by atoms with E-state index < -0.39 is 10.0 Å². The number of hydrogen-bond donors (Lipinski definition) is 2. The number of nitrogens with two attached hydrogens (primary N) is 1. The Morgan fingerprint density at radius 1 is 1.50 bits per heavy atom. The van der Waals surface area contributed by atoms with Gasteiger partial charge in [-0.25, -0.2) is 8.42 Å². The molecule has 0 bridgehead atoms. The highest BCUT2D eigenvalue weighted by atomic mass is 32.2. The van der Waals surface area contributed by atoms with E-state index in [1.165, 1.54) is 17.6 Å². The third-order valence-electron chi connectivity index (χ3n) is 2.56. The molecule has 0 radical (unpaired) electrons. The van der Waals surface area contributed by atoms with Gasteiger partial charge in [-0.15, -0.1) is 0 Å². The first-order chi connectivity index (χ1) is 8.54. The molecule has 7 nitrogen and oxygen atoms in total. The minimum Gasteiger partial charge on any atom is -0.383 e. The van der Waals surface area contributed by atoms with Crippen LogP contribution in [0.25, 0.3) is 0 Å². The lowest BCUT2D eigenvalue weighted by Crippen LogP contribution is -2.35. The fraction of sp³-hybridized carbons (Fsp3) is 0.700. The van der Waals surface area contributed by atoms with Crippen LogP contribution in [0.5, 0.6) is 0 Å². The lowest BCUT2D eigenvalue weighted by atomic mass is 10.4. The lowest BCUT2D eigenvalue weighted by Gasteiger charge is -2.21. The highest BCUT2D eigenvalue weighted by Crippen LogP contribution is 2.17. The minimum absolute atomic E-state index is 0.204. The molecular weight excluding hydrogens is 256 g/mol. The second-order valence-electron chi connectivity index (χ2n) is 3.90. The van der Waals surface area contributed by atoms with E-state index in [4.69, 9.17) is 10.5 Å². The molecule has 1 heterocycles. The molecule has 0 fully saturated rings. The zero-order chi connectivity index (χ0) is 13.6. The Labute approximate surface area is 107 Å². The van der Waals surface area contributed by atoms with Gasteiger partial charge in [-0.3, -0.25) is 5.10 Å². The van der Waals surface area contributed by atoms with Crippen LogP contribution < -0.4 is 5.73 Å². The Balaban J connectivity index is 2.92. The van der Waals surface area contributed by atoms with Crippen LogP contribution in [0.4, 0.5) is 0 Å². The van der Waals surface area contributed by atoms with Gasteiger partial charge in [-0.2, -0.15) is 9.40 Å². The molecule has 0 aliphatic rings. The molecule has 3 N–H and O–H groups in total. The van der Waals surface area contributed by atoms with E-state index in [0.29, 0.717) is 38.4 Å². The van der Waals surface area contributed by atoms with Gasteiger partial charge in [-0.05, 0) is 19.9 Å². The number of H-pyrrole nitrogens is 1. The normalized spacial score (nSPS) is 12.2. The monoisotopic (exact) mass is 276 g/mol. The van der Waals surface area contributed by atoms with Gasteiger partial charge >= 0.3 is 0 Å². The molecule has 1 aromatic rings. The molecule has 0 atom stereocenters. The van der Waals surface area contributed by atoms with E-state index in [1.807, 2.05) is 0 Å². The predicted octanol–water partition coefficient (Wildman–Crippen LogP) is -0.296. The van der Waals surface area contributed by atoms with E-state index in [-0.39, 0.29) is 4.90 Å². The third kappa shape index (κ3) is 3.52. The van der Waals surface area contributed by atoms with E-state index in [2.05, 4.69) is 10.2 Å². The average Bonchev–Trinajstić information content (AvgIpc) is 2.76. The maximum Gasteiger partial charge on any atom is 0.246 e. The van der Waals surface area contributed by atoms with Crippen molar-refractivity contribution < 1.29 is 13.2 Å². The molecule has 0 spiro atoms. The van der Waals surface area contributed by atoms with Gasteiger partial charge in [0.2, 0.25) is 10.0 Å². The van der Waals surface area contributed by atoms with E-state index >= 15 is 0 Å². The Morgan fingerprint density at radius 3 is 2.72 bits per heavy atom. The minimum atomic E-state index is -3.53. The summed E-state index contributed by atoms with van der Waals surface area (Å²) in [5.74, 6) is 0. The number of aryl methyl sites for hydroxylation is 1. The van der Waals surface area contributed by atoms with Crippen molar-refractivity contribution in [2.24, 2.45) is 5.73 Å². The van der Waals surface area contributed by atoms with Crippen molar-refractivity contribution in [3.63, 3.8) is 0 Å². The van der Waals surface area contributed by atoms with Gasteiger partial charge in [0.1, 0.15) is 4.90 Å². The van der Waals surface area contributed by atoms with Crippen molar-refractivity contribution in [1.82, 2.24) is 14.5 Å². The van der Waals surface area contributed by atoms with Crippen LogP contribution in [0.2, 0.25) is 0 Å². The molecule has 8 heteroatoms. The quantitative estimate of drug-likeness (QED) is 0.679. The molecule has 0 amide bonds. The predicted molar refractivity (Wildman–Crippen MR) is 67.6 cm³/mol. The number of aromatic nitrogens is 2. The Morgan fingerprint density at radius 2 is 2.22 bits per heavy atom. The van der Waals surface area contributed by atoms with Crippen molar-refractivity contribution in [3.8, 4) is 0 Å². The summed E-state index contributed by atoms with van der Waals surface area (Å²) in [6, 6.07) is 0. The van der Waals surface area contributed by atoms with Gasteiger partial charge in [0, 0.05) is 20.2 Å². The highest BCUT2D eigenvalue weighted by molar-refractivity contribution is 7.89. The second kappa shape index (κ2) is 6.83. The van der Waals surface area contributed by atoms with E-state index in [1.54, 1.807) is 6.92 Å². The van der Waals surface area contributed by atoms with Crippen molar-refractivity contribution in [2.45, 2.75) is 18.2 Å². The molecule has 0 aromatic carbocycles. The van der Waals surface area contributed by atoms with Gasteiger partial charge in [0.05, 0.1) is 18.5 Å². The Hall–Kier alpha value is -0.960. The third-order valence-corrected chi connectivity index (χ3v) is 4.57. The fourth-order valence-electron chi connectivity index (χ4n) is 1.55. The number of rotatable bonds is 8. The number of ether oxygens (including phenoxy) is 1. The van der Waals surface area contributed by atoms with Gasteiger partial charge in [0.25, 0.3) is 0 Å². The first-order valence-corrected chi connectivity index (χ1v) is 7.17. The number of aromatic amines is 1. The maximum atomic E-state index is 12.4. The zero-order valence-corrected chi connectivity index (χ0v) is 11.5. The lowest BCUT2D eigenvalue weighted by molar-refractivity contribution is 0.178. The van der Waals surface area contributed by atoms with Crippen LogP contribution in [0, 0.1) is 6.92 Å². The number of nitrogens with one attached hydrogen (secondary N) is 1. The van der Waals surface area contributed by atoms with Crippen LogP contribution in [0.1, 0.15) is 12.1 Å². The average molecular weight is 276 g/mol. The molecule has 18 heavy (non-hydrogen) atoms. The maximum absolute atomic E-state index is 12.4. The fourth-order valence-corrected chi connectivity index (χ4v) is 3.13. The number of methoxy groups -OCH3 is 1. The molecule has 0 saturated heterocycles. The molecule has 0 aliphatic heterocycles. The van der Waals surface area contributed by atoms with Gasteiger partial charge in [-0.1, -0.05) is 0 Å². The van der Waals surface area contributed by atoms with Crippen LogP contribution in [-0.2, 0) is 14.8 Å². The summed E-state index contributed by atoms with van der Waals surface area (Å²) in [7, 11) is -1.99. The zero-order valence-electron chi connectivity index (χ0n) is 10.7. The topological polar surface area (TPSA) is 101 Å². The van der Waals surface area contributed by atoms with Crippen LogP contribution >= 0.6 is 0 Å². The first-order valence-electron chi connectivity index (χ1n) is 5.73. The first kappa shape index (κ1) is 15.1. The summed E-state index contributed by atoms with van der Waals surface area (Å²) in [5, 5.41) is 6.37. The summed E-state index contributed by atoms with van der Waals surface area (Å²) in [6.45, 7) is 3.16. The molecule has 104 valence electrons. The summed E-state index contributed by atoms with van der Waals surface area (Å²) in [5.41, 5.74) is 5.96. The summed E-state index contributed by atoms with van der Waals surface area (Å²) in [6.07, 6.45) is 1.94. The molecule has 1 aromatic heterocycles. The van der Waals surface area contributed by atoms with Crippen molar-refractivity contribution in [3.05, 3.63) is 11.9 Å². The van der Waals surface area contributed by atoms with Crippen LogP contribution in [0.3, 0.4) is 0 Å². The summed E-state index contributed by atoms with van der Waals surface area (Å²) >= 11 is 0. The van der Waals surface area contributed by atoms with Crippen molar-refractivity contribution >= 4 is 10.0 Å². The van der Waals surface area contributed by atoms with Crippen molar-refractivity contribution in [1.29, 1.82) is 0 Å². The second-order valence-corrected chi connectivity index (χ2v) is 5.80. The Kier molecular flexibility index (Phi) is 5.73. The SMILES string of the molecule is COCCN(CCCN)S(=O)(=O)c1cn[nH]c1C. The molecule has 1 rings (SSSR count). The smallest absolute Gasteiger partial charge is 0.246 e.